The summed E-state index contributed by atoms with van der Waals surface area (Å²) in [5.41, 5.74) is 0.293. The second-order valence-electron chi connectivity index (χ2n) is 4.25. The molecule has 2 nitrogen and oxygen atoms in total. The van der Waals surface area contributed by atoms with Gasteiger partial charge in [-0.3, -0.25) is 0 Å². The van der Waals surface area contributed by atoms with Gasteiger partial charge in [-0.2, -0.15) is 0 Å². The van der Waals surface area contributed by atoms with Gasteiger partial charge in [0.05, 0.1) is 5.60 Å². The minimum absolute atomic E-state index is 0.300. The highest BCUT2D eigenvalue weighted by atomic mass is 35.5. The summed E-state index contributed by atoms with van der Waals surface area (Å²) in [6.45, 7) is 6.05. The third-order valence-electron chi connectivity index (χ3n) is 2.71. The monoisotopic (exact) mass is 242 g/mol. The van der Waals surface area contributed by atoms with Crippen LogP contribution in [0.2, 0.25) is 5.02 Å². The quantitative estimate of drug-likeness (QED) is 0.857. The molecule has 1 atom stereocenters. The normalized spacial score (nSPS) is 14.6. The van der Waals surface area contributed by atoms with E-state index >= 15 is 0 Å². The lowest BCUT2D eigenvalue weighted by Crippen LogP contribution is -2.31. The number of ether oxygens (including phenoxy) is 1. The minimum atomic E-state index is -0.772. The molecule has 0 bridgehead atoms. The Morgan fingerprint density at radius 2 is 2.06 bits per heavy atom. The molecular weight excluding hydrogens is 224 g/mol. The molecule has 0 saturated carbocycles. The van der Waals surface area contributed by atoms with Crippen LogP contribution in [-0.4, -0.2) is 17.3 Å². The van der Waals surface area contributed by atoms with Gasteiger partial charge in [-0.1, -0.05) is 25.4 Å². The highest BCUT2D eigenvalue weighted by molar-refractivity contribution is 6.31. The molecule has 0 radical (unpaired) electrons. The van der Waals surface area contributed by atoms with E-state index in [0.717, 1.165) is 22.8 Å². The Hall–Kier alpha value is -0.730. The fourth-order valence-electron chi connectivity index (χ4n) is 1.25. The summed E-state index contributed by atoms with van der Waals surface area (Å²) in [5.74, 6) is 0.759. The van der Waals surface area contributed by atoms with Crippen LogP contribution in [0.4, 0.5) is 0 Å². The standard InChI is InChI=1S/C13H19ClO2/c1-4-10-8-11(6-7-12(10)14)16-9-13(3,15)5-2/h6-8,15H,4-5,9H2,1-3H3. The second kappa shape index (κ2) is 5.55. The summed E-state index contributed by atoms with van der Waals surface area (Å²) in [7, 11) is 0. The van der Waals surface area contributed by atoms with Crippen molar-refractivity contribution in [3.8, 4) is 5.75 Å². The van der Waals surface area contributed by atoms with Gasteiger partial charge in [-0.05, 0) is 43.5 Å². The van der Waals surface area contributed by atoms with E-state index in [9.17, 15) is 5.11 Å². The summed E-state index contributed by atoms with van der Waals surface area (Å²) in [6, 6.07) is 5.58. The number of benzene rings is 1. The molecule has 0 spiro atoms. The lowest BCUT2D eigenvalue weighted by Gasteiger charge is -2.21. The molecule has 0 aliphatic carbocycles. The fraction of sp³-hybridized carbons (Fsp3) is 0.538. The van der Waals surface area contributed by atoms with Crippen LogP contribution in [0, 0.1) is 0 Å². The van der Waals surface area contributed by atoms with E-state index in [4.69, 9.17) is 16.3 Å². The molecule has 1 N–H and O–H groups in total. The first kappa shape index (κ1) is 13.3. The number of hydrogen-bond acceptors (Lipinski definition) is 2. The van der Waals surface area contributed by atoms with Crippen LogP contribution in [0.3, 0.4) is 0 Å². The zero-order chi connectivity index (χ0) is 12.2. The zero-order valence-electron chi connectivity index (χ0n) is 10.1. The molecule has 1 aromatic rings. The van der Waals surface area contributed by atoms with E-state index in [1.807, 2.05) is 32.0 Å². The minimum Gasteiger partial charge on any atom is -0.491 e. The number of aryl methyl sites for hydroxylation is 1. The van der Waals surface area contributed by atoms with Crippen molar-refractivity contribution in [2.75, 3.05) is 6.61 Å². The first-order valence-electron chi connectivity index (χ1n) is 5.62. The summed E-state index contributed by atoms with van der Waals surface area (Å²) >= 11 is 6.01. The molecule has 1 rings (SSSR count). The maximum Gasteiger partial charge on any atom is 0.119 e. The predicted molar refractivity (Wildman–Crippen MR) is 67.2 cm³/mol. The Bertz CT molecular complexity index is 348. The highest BCUT2D eigenvalue weighted by Gasteiger charge is 2.18. The van der Waals surface area contributed by atoms with E-state index < -0.39 is 5.60 Å². The topological polar surface area (TPSA) is 29.5 Å². The van der Waals surface area contributed by atoms with E-state index in [-0.39, 0.29) is 0 Å². The molecular formula is C13H19ClO2. The van der Waals surface area contributed by atoms with E-state index in [0.29, 0.717) is 13.0 Å². The Kier molecular flexibility index (Phi) is 4.63. The Balaban J connectivity index is 2.68. The summed E-state index contributed by atoms with van der Waals surface area (Å²) in [4.78, 5) is 0. The van der Waals surface area contributed by atoms with Gasteiger partial charge in [0.15, 0.2) is 0 Å². The van der Waals surface area contributed by atoms with Crippen LogP contribution in [0.1, 0.15) is 32.8 Å². The summed E-state index contributed by atoms with van der Waals surface area (Å²) in [6.07, 6.45) is 1.54. The van der Waals surface area contributed by atoms with Crippen molar-refractivity contribution in [2.24, 2.45) is 0 Å². The Morgan fingerprint density at radius 1 is 1.38 bits per heavy atom. The van der Waals surface area contributed by atoms with Gasteiger partial charge < -0.3 is 9.84 Å². The smallest absolute Gasteiger partial charge is 0.119 e. The van der Waals surface area contributed by atoms with Gasteiger partial charge in [-0.15, -0.1) is 0 Å². The molecule has 1 unspecified atom stereocenters. The fourth-order valence-corrected chi connectivity index (χ4v) is 1.50. The lowest BCUT2D eigenvalue weighted by molar-refractivity contribution is 0.00845. The predicted octanol–water partition coefficient (Wildman–Crippen LogP) is 3.44. The van der Waals surface area contributed by atoms with Crippen LogP contribution in [0.5, 0.6) is 5.75 Å². The van der Waals surface area contributed by atoms with Gasteiger partial charge in [-0.25, -0.2) is 0 Å². The molecule has 16 heavy (non-hydrogen) atoms. The third-order valence-corrected chi connectivity index (χ3v) is 3.08. The number of aliphatic hydroxyl groups is 1. The molecule has 0 aromatic heterocycles. The molecule has 0 saturated heterocycles. The van der Waals surface area contributed by atoms with Crippen LogP contribution >= 0.6 is 11.6 Å². The Labute approximate surface area is 102 Å². The van der Waals surface area contributed by atoms with Crippen LogP contribution in [0.25, 0.3) is 0 Å². The Morgan fingerprint density at radius 3 is 2.62 bits per heavy atom. The molecule has 0 fully saturated rings. The van der Waals surface area contributed by atoms with Gasteiger partial charge in [0, 0.05) is 5.02 Å². The lowest BCUT2D eigenvalue weighted by atomic mass is 10.1. The molecule has 3 heteroatoms. The van der Waals surface area contributed by atoms with E-state index in [1.54, 1.807) is 6.92 Å². The molecule has 0 aliphatic heterocycles. The van der Waals surface area contributed by atoms with Gasteiger partial charge in [0.1, 0.15) is 12.4 Å². The number of rotatable bonds is 5. The van der Waals surface area contributed by atoms with Crippen LogP contribution in [0.15, 0.2) is 18.2 Å². The van der Waals surface area contributed by atoms with Crippen molar-refractivity contribution in [2.45, 2.75) is 39.2 Å². The highest BCUT2D eigenvalue weighted by Crippen LogP contribution is 2.23. The molecule has 0 amide bonds. The summed E-state index contributed by atoms with van der Waals surface area (Å²) in [5, 5.41) is 10.6. The van der Waals surface area contributed by atoms with Gasteiger partial charge in [0.25, 0.3) is 0 Å². The van der Waals surface area contributed by atoms with Crippen molar-refractivity contribution in [3.05, 3.63) is 28.8 Å². The van der Waals surface area contributed by atoms with E-state index in [2.05, 4.69) is 0 Å². The molecule has 0 heterocycles. The van der Waals surface area contributed by atoms with Crippen molar-refractivity contribution >= 4 is 11.6 Å². The van der Waals surface area contributed by atoms with E-state index in [1.165, 1.54) is 0 Å². The number of hydrogen-bond donors (Lipinski definition) is 1. The maximum absolute atomic E-state index is 9.81. The maximum atomic E-state index is 9.81. The SMILES string of the molecule is CCc1cc(OCC(C)(O)CC)ccc1Cl. The van der Waals surface area contributed by atoms with Crippen LogP contribution in [-0.2, 0) is 6.42 Å². The van der Waals surface area contributed by atoms with Crippen molar-refractivity contribution < 1.29 is 9.84 Å². The van der Waals surface area contributed by atoms with Crippen molar-refractivity contribution in [1.82, 2.24) is 0 Å². The molecule has 0 aliphatic rings. The van der Waals surface area contributed by atoms with Gasteiger partial charge in [0.2, 0.25) is 0 Å². The average molecular weight is 243 g/mol. The van der Waals surface area contributed by atoms with Crippen molar-refractivity contribution in [3.63, 3.8) is 0 Å². The zero-order valence-corrected chi connectivity index (χ0v) is 10.8. The largest absolute Gasteiger partial charge is 0.491 e. The second-order valence-corrected chi connectivity index (χ2v) is 4.65. The van der Waals surface area contributed by atoms with Crippen molar-refractivity contribution in [1.29, 1.82) is 0 Å². The third kappa shape index (κ3) is 3.69. The molecule has 90 valence electrons. The van der Waals surface area contributed by atoms with Gasteiger partial charge >= 0.3 is 0 Å². The summed E-state index contributed by atoms with van der Waals surface area (Å²) < 4.78 is 5.55. The first-order valence-corrected chi connectivity index (χ1v) is 6.00. The van der Waals surface area contributed by atoms with Crippen LogP contribution < -0.4 is 4.74 Å². The molecule has 1 aromatic carbocycles. The average Bonchev–Trinajstić information content (AvgIpc) is 2.28. The first-order chi connectivity index (χ1) is 7.48. The number of halogens is 1.